The van der Waals surface area contributed by atoms with Crippen molar-refractivity contribution in [3.8, 4) is 11.5 Å². The SMILES string of the molecule is CS(=O)(=O)c1ccc(Oc2ccc(NC(=O)NCc3ccccc3Cl)cc2)cc1. The number of urea groups is 1. The molecule has 0 fully saturated rings. The van der Waals surface area contributed by atoms with Gasteiger partial charge in [-0.25, -0.2) is 13.2 Å². The second kappa shape index (κ2) is 8.98. The topological polar surface area (TPSA) is 84.5 Å². The lowest BCUT2D eigenvalue weighted by Gasteiger charge is -2.10. The average Bonchev–Trinajstić information content (AvgIpc) is 2.69. The number of sulfone groups is 1. The molecule has 3 aromatic carbocycles. The van der Waals surface area contributed by atoms with Crippen molar-refractivity contribution >= 4 is 33.2 Å². The quantitative estimate of drug-likeness (QED) is 0.585. The van der Waals surface area contributed by atoms with E-state index in [2.05, 4.69) is 10.6 Å². The molecule has 3 rings (SSSR count). The number of benzene rings is 3. The van der Waals surface area contributed by atoms with Gasteiger partial charge in [0.25, 0.3) is 0 Å². The van der Waals surface area contributed by atoms with Crippen molar-refractivity contribution in [3.05, 3.63) is 83.4 Å². The highest BCUT2D eigenvalue weighted by Gasteiger charge is 2.07. The second-order valence-corrected chi connectivity index (χ2v) is 8.69. The minimum Gasteiger partial charge on any atom is -0.457 e. The van der Waals surface area contributed by atoms with E-state index in [1.54, 1.807) is 42.5 Å². The van der Waals surface area contributed by atoms with Crippen molar-refractivity contribution < 1.29 is 17.9 Å². The van der Waals surface area contributed by atoms with Gasteiger partial charge in [0, 0.05) is 23.5 Å². The van der Waals surface area contributed by atoms with Gasteiger partial charge >= 0.3 is 6.03 Å². The maximum Gasteiger partial charge on any atom is 0.319 e. The Morgan fingerprint density at radius 1 is 0.931 bits per heavy atom. The van der Waals surface area contributed by atoms with E-state index in [-0.39, 0.29) is 10.9 Å². The van der Waals surface area contributed by atoms with E-state index in [9.17, 15) is 13.2 Å². The van der Waals surface area contributed by atoms with E-state index in [1.807, 2.05) is 18.2 Å². The number of carbonyl (C=O) groups excluding carboxylic acids is 1. The average molecular weight is 431 g/mol. The Bertz CT molecular complexity index is 1100. The van der Waals surface area contributed by atoms with E-state index in [1.165, 1.54) is 12.1 Å². The molecule has 0 radical (unpaired) electrons. The summed E-state index contributed by atoms with van der Waals surface area (Å²) in [5.41, 5.74) is 1.43. The van der Waals surface area contributed by atoms with E-state index in [0.29, 0.717) is 28.8 Å². The van der Waals surface area contributed by atoms with Gasteiger partial charge in [0.1, 0.15) is 11.5 Å². The summed E-state index contributed by atoms with van der Waals surface area (Å²) in [5, 5.41) is 6.07. The molecule has 29 heavy (non-hydrogen) atoms. The highest BCUT2D eigenvalue weighted by atomic mass is 35.5. The summed E-state index contributed by atoms with van der Waals surface area (Å²) in [4.78, 5) is 12.3. The number of carbonyl (C=O) groups is 1. The number of amides is 2. The molecule has 0 aliphatic carbocycles. The Labute approximate surface area is 174 Å². The van der Waals surface area contributed by atoms with E-state index < -0.39 is 9.84 Å². The fourth-order valence-electron chi connectivity index (χ4n) is 2.49. The van der Waals surface area contributed by atoms with Gasteiger partial charge in [-0.2, -0.15) is 0 Å². The van der Waals surface area contributed by atoms with Crippen molar-refractivity contribution in [1.82, 2.24) is 5.32 Å². The van der Waals surface area contributed by atoms with Crippen LogP contribution in [0.1, 0.15) is 5.56 Å². The third kappa shape index (κ3) is 5.97. The molecule has 0 bridgehead atoms. The van der Waals surface area contributed by atoms with Gasteiger partial charge in [0.05, 0.1) is 4.90 Å². The predicted molar refractivity (Wildman–Crippen MR) is 113 cm³/mol. The Morgan fingerprint density at radius 3 is 2.10 bits per heavy atom. The summed E-state index contributed by atoms with van der Waals surface area (Å²) in [6.07, 6.45) is 1.15. The second-order valence-electron chi connectivity index (χ2n) is 6.27. The fourth-order valence-corrected chi connectivity index (χ4v) is 3.32. The molecule has 0 unspecified atom stereocenters. The van der Waals surface area contributed by atoms with Gasteiger partial charge in [-0.15, -0.1) is 0 Å². The summed E-state index contributed by atoms with van der Waals surface area (Å²) < 4.78 is 28.7. The van der Waals surface area contributed by atoms with Crippen LogP contribution in [-0.2, 0) is 16.4 Å². The van der Waals surface area contributed by atoms with Gasteiger partial charge < -0.3 is 15.4 Å². The standard InChI is InChI=1S/C21H19ClN2O4S/c1-29(26,27)19-12-10-18(11-13-19)28-17-8-6-16(7-9-17)24-21(25)23-14-15-4-2-3-5-20(15)22/h2-13H,14H2,1H3,(H2,23,24,25). The minimum absolute atomic E-state index is 0.229. The summed E-state index contributed by atoms with van der Waals surface area (Å²) in [6.45, 7) is 0.316. The molecule has 0 spiro atoms. The maximum absolute atomic E-state index is 12.0. The maximum atomic E-state index is 12.0. The van der Waals surface area contributed by atoms with Crippen molar-refractivity contribution in [1.29, 1.82) is 0 Å². The molecule has 0 aliphatic rings. The molecule has 0 saturated carbocycles. The van der Waals surface area contributed by atoms with Crippen LogP contribution < -0.4 is 15.4 Å². The first-order chi connectivity index (χ1) is 13.8. The van der Waals surface area contributed by atoms with Gasteiger partial charge in [0.2, 0.25) is 0 Å². The lowest BCUT2D eigenvalue weighted by atomic mass is 10.2. The van der Waals surface area contributed by atoms with Gasteiger partial charge in [-0.3, -0.25) is 0 Å². The van der Waals surface area contributed by atoms with Crippen LogP contribution in [0.3, 0.4) is 0 Å². The van der Waals surface area contributed by atoms with Crippen LogP contribution >= 0.6 is 11.6 Å². The molecule has 0 heterocycles. The molecule has 3 aromatic rings. The van der Waals surface area contributed by atoms with Crippen molar-refractivity contribution in [2.45, 2.75) is 11.4 Å². The summed E-state index contributed by atoms with van der Waals surface area (Å²) in [5.74, 6) is 1.06. The molecule has 0 atom stereocenters. The minimum atomic E-state index is -3.24. The first-order valence-corrected chi connectivity index (χ1v) is 10.9. The monoisotopic (exact) mass is 430 g/mol. The zero-order chi connectivity index (χ0) is 20.9. The largest absolute Gasteiger partial charge is 0.457 e. The van der Waals surface area contributed by atoms with Crippen molar-refractivity contribution in [3.63, 3.8) is 0 Å². The summed E-state index contributed by atoms with van der Waals surface area (Å²) >= 11 is 6.07. The number of nitrogens with one attached hydrogen (secondary N) is 2. The Kier molecular flexibility index (Phi) is 6.41. The molecule has 150 valence electrons. The third-order valence-corrected chi connectivity index (χ3v) is 5.49. The van der Waals surface area contributed by atoms with Crippen LogP contribution in [0.4, 0.5) is 10.5 Å². The number of ether oxygens (including phenoxy) is 1. The number of anilines is 1. The van der Waals surface area contributed by atoms with Gasteiger partial charge in [0.15, 0.2) is 9.84 Å². The smallest absolute Gasteiger partial charge is 0.319 e. The van der Waals surface area contributed by atoms with Crippen molar-refractivity contribution in [2.24, 2.45) is 0 Å². The number of halogens is 1. The molecule has 0 aliphatic heterocycles. The van der Waals surface area contributed by atoms with Crippen LogP contribution in [0.5, 0.6) is 11.5 Å². The molecule has 2 amide bonds. The molecular weight excluding hydrogens is 412 g/mol. The molecule has 6 nitrogen and oxygen atoms in total. The normalized spacial score (nSPS) is 11.0. The fraction of sp³-hybridized carbons (Fsp3) is 0.0952. The van der Waals surface area contributed by atoms with E-state index in [4.69, 9.17) is 16.3 Å². The van der Waals surface area contributed by atoms with Crippen LogP contribution in [0.25, 0.3) is 0 Å². The van der Waals surface area contributed by atoms with E-state index in [0.717, 1.165) is 11.8 Å². The Morgan fingerprint density at radius 2 is 1.52 bits per heavy atom. The molecule has 2 N–H and O–H groups in total. The summed E-state index contributed by atoms with van der Waals surface area (Å²) in [7, 11) is -3.24. The van der Waals surface area contributed by atoms with Gasteiger partial charge in [-0.05, 0) is 60.2 Å². The number of rotatable bonds is 6. The third-order valence-electron chi connectivity index (χ3n) is 4.00. The molecule has 0 saturated heterocycles. The number of hydrogen-bond acceptors (Lipinski definition) is 4. The van der Waals surface area contributed by atoms with Crippen LogP contribution in [0.15, 0.2) is 77.7 Å². The molecule has 0 aromatic heterocycles. The van der Waals surface area contributed by atoms with Crippen LogP contribution in [-0.4, -0.2) is 20.7 Å². The first-order valence-electron chi connectivity index (χ1n) is 8.67. The first kappa shape index (κ1) is 20.7. The van der Waals surface area contributed by atoms with Gasteiger partial charge in [-0.1, -0.05) is 29.8 Å². The van der Waals surface area contributed by atoms with Crippen LogP contribution in [0.2, 0.25) is 5.02 Å². The zero-order valence-electron chi connectivity index (χ0n) is 15.6. The lowest BCUT2D eigenvalue weighted by molar-refractivity contribution is 0.251. The Balaban J connectivity index is 1.54. The summed E-state index contributed by atoms with van der Waals surface area (Å²) in [6, 6.07) is 19.9. The predicted octanol–water partition coefficient (Wildman–Crippen LogP) is 4.86. The molecular formula is C21H19ClN2O4S. The van der Waals surface area contributed by atoms with E-state index >= 15 is 0 Å². The highest BCUT2D eigenvalue weighted by molar-refractivity contribution is 7.90. The zero-order valence-corrected chi connectivity index (χ0v) is 17.1. The Hall–Kier alpha value is -3.03. The highest BCUT2D eigenvalue weighted by Crippen LogP contribution is 2.24. The van der Waals surface area contributed by atoms with Crippen molar-refractivity contribution in [2.75, 3.05) is 11.6 Å². The lowest BCUT2D eigenvalue weighted by Crippen LogP contribution is -2.28. The van der Waals surface area contributed by atoms with Crippen LogP contribution in [0, 0.1) is 0 Å². The number of hydrogen-bond donors (Lipinski definition) is 2. The molecule has 8 heteroatoms.